The maximum Gasteiger partial charge on any atom is 0.315 e. The standard InChI is InChI=1S/C11H16F2O4/c1-16-8(14)9(2-3-11(12,13)6-9)10(15)4-5-17-7-10/h15H,2-7H2,1H3. The fraction of sp³-hybridized carbons (Fsp3) is 0.909. The molecule has 0 amide bonds. The molecule has 1 aliphatic carbocycles. The average Bonchev–Trinajstić information content (AvgIpc) is 2.83. The SMILES string of the molecule is COC(=O)C1(C2(O)CCOC2)CCC(F)(F)C1. The molecule has 0 bridgehead atoms. The van der Waals surface area contributed by atoms with E-state index in [1.54, 1.807) is 0 Å². The van der Waals surface area contributed by atoms with Crippen molar-refractivity contribution in [3.8, 4) is 0 Å². The first-order valence-corrected chi connectivity index (χ1v) is 5.62. The van der Waals surface area contributed by atoms with Gasteiger partial charge in [-0.2, -0.15) is 0 Å². The predicted octanol–water partition coefficient (Wildman–Crippen LogP) is 1.12. The molecule has 0 aromatic rings. The molecule has 0 aromatic heterocycles. The Balaban J connectivity index is 2.35. The number of carbonyl (C=O) groups is 1. The number of halogens is 2. The summed E-state index contributed by atoms with van der Waals surface area (Å²) in [6, 6.07) is 0. The Morgan fingerprint density at radius 1 is 1.35 bits per heavy atom. The number of hydrogen-bond donors (Lipinski definition) is 1. The Labute approximate surface area is 97.9 Å². The summed E-state index contributed by atoms with van der Waals surface area (Å²) in [6.07, 6.45) is -0.929. The zero-order chi connectivity index (χ0) is 12.7. The van der Waals surface area contributed by atoms with E-state index in [0.717, 1.165) is 7.11 Å². The molecule has 2 fully saturated rings. The molecule has 0 aromatic carbocycles. The quantitative estimate of drug-likeness (QED) is 0.746. The van der Waals surface area contributed by atoms with Crippen LogP contribution in [0.5, 0.6) is 0 Å². The molecule has 2 rings (SSSR count). The second kappa shape index (κ2) is 3.88. The van der Waals surface area contributed by atoms with E-state index in [1.165, 1.54) is 0 Å². The van der Waals surface area contributed by atoms with Crippen LogP contribution in [0.3, 0.4) is 0 Å². The number of hydrogen-bond acceptors (Lipinski definition) is 4. The summed E-state index contributed by atoms with van der Waals surface area (Å²) >= 11 is 0. The first-order valence-electron chi connectivity index (χ1n) is 5.62. The lowest BCUT2D eigenvalue weighted by atomic mass is 9.69. The molecule has 2 unspecified atom stereocenters. The van der Waals surface area contributed by atoms with Gasteiger partial charge >= 0.3 is 5.97 Å². The third-order valence-electron chi connectivity index (χ3n) is 3.95. The summed E-state index contributed by atoms with van der Waals surface area (Å²) in [5.74, 6) is -3.69. The molecule has 1 saturated carbocycles. The predicted molar refractivity (Wildman–Crippen MR) is 53.6 cm³/mol. The zero-order valence-corrected chi connectivity index (χ0v) is 9.67. The van der Waals surface area contributed by atoms with Crippen LogP contribution in [0, 0.1) is 5.41 Å². The van der Waals surface area contributed by atoms with Crippen LogP contribution >= 0.6 is 0 Å². The van der Waals surface area contributed by atoms with E-state index in [0.29, 0.717) is 0 Å². The van der Waals surface area contributed by atoms with Gasteiger partial charge in [0, 0.05) is 25.9 Å². The van der Waals surface area contributed by atoms with Crippen molar-refractivity contribution in [3.05, 3.63) is 0 Å². The summed E-state index contributed by atoms with van der Waals surface area (Å²) in [4.78, 5) is 11.8. The van der Waals surface area contributed by atoms with Gasteiger partial charge in [-0.25, -0.2) is 8.78 Å². The lowest BCUT2D eigenvalue weighted by Crippen LogP contribution is -2.53. The molecule has 2 atom stereocenters. The van der Waals surface area contributed by atoms with Crippen molar-refractivity contribution in [3.63, 3.8) is 0 Å². The van der Waals surface area contributed by atoms with E-state index in [4.69, 9.17) is 4.74 Å². The van der Waals surface area contributed by atoms with Crippen molar-refractivity contribution in [2.24, 2.45) is 5.41 Å². The van der Waals surface area contributed by atoms with Gasteiger partial charge in [0.1, 0.15) is 11.0 Å². The molecule has 1 aliphatic heterocycles. The van der Waals surface area contributed by atoms with Crippen LogP contribution in [-0.4, -0.2) is 42.9 Å². The minimum absolute atomic E-state index is 0.0630. The summed E-state index contributed by atoms with van der Waals surface area (Å²) in [7, 11) is 1.15. The second-order valence-corrected chi connectivity index (χ2v) is 4.94. The Morgan fingerprint density at radius 2 is 2.06 bits per heavy atom. The van der Waals surface area contributed by atoms with Crippen molar-refractivity contribution in [2.75, 3.05) is 20.3 Å². The number of alkyl halides is 2. The van der Waals surface area contributed by atoms with E-state index < -0.39 is 35.7 Å². The van der Waals surface area contributed by atoms with Gasteiger partial charge in [0.05, 0.1) is 13.7 Å². The summed E-state index contributed by atoms with van der Waals surface area (Å²) in [6.45, 7) is 0.193. The molecule has 1 saturated heterocycles. The molecular formula is C11H16F2O4. The summed E-state index contributed by atoms with van der Waals surface area (Å²) in [5, 5.41) is 10.4. The van der Waals surface area contributed by atoms with E-state index in [2.05, 4.69) is 4.74 Å². The average molecular weight is 250 g/mol. The molecular weight excluding hydrogens is 234 g/mol. The highest BCUT2D eigenvalue weighted by atomic mass is 19.3. The zero-order valence-electron chi connectivity index (χ0n) is 9.67. The van der Waals surface area contributed by atoms with Crippen LogP contribution in [0.25, 0.3) is 0 Å². The lowest BCUT2D eigenvalue weighted by Gasteiger charge is -2.38. The van der Waals surface area contributed by atoms with Gasteiger partial charge in [-0.05, 0) is 6.42 Å². The Morgan fingerprint density at radius 3 is 2.47 bits per heavy atom. The van der Waals surface area contributed by atoms with Gasteiger partial charge < -0.3 is 14.6 Å². The van der Waals surface area contributed by atoms with E-state index in [1.807, 2.05) is 0 Å². The third-order valence-corrected chi connectivity index (χ3v) is 3.95. The fourth-order valence-electron chi connectivity index (χ4n) is 2.90. The van der Waals surface area contributed by atoms with Crippen molar-refractivity contribution < 1.29 is 28.2 Å². The minimum atomic E-state index is -2.92. The van der Waals surface area contributed by atoms with Gasteiger partial charge in [0.25, 0.3) is 0 Å². The Bertz CT molecular complexity index is 325. The van der Waals surface area contributed by atoms with Crippen molar-refractivity contribution in [1.82, 2.24) is 0 Å². The molecule has 1 heterocycles. The summed E-state index contributed by atoms with van der Waals surface area (Å²) < 4.78 is 36.5. The van der Waals surface area contributed by atoms with Crippen LogP contribution in [-0.2, 0) is 14.3 Å². The van der Waals surface area contributed by atoms with Gasteiger partial charge in [0.2, 0.25) is 5.92 Å². The van der Waals surface area contributed by atoms with Crippen LogP contribution in [0.1, 0.15) is 25.7 Å². The van der Waals surface area contributed by atoms with Crippen LogP contribution < -0.4 is 0 Å². The van der Waals surface area contributed by atoms with Gasteiger partial charge in [-0.3, -0.25) is 4.79 Å². The molecule has 2 aliphatic rings. The number of carbonyl (C=O) groups excluding carboxylic acids is 1. The first kappa shape index (κ1) is 12.7. The molecule has 0 spiro atoms. The monoisotopic (exact) mass is 250 g/mol. The third kappa shape index (κ3) is 1.83. The summed E-state index contributed by atoms with van der Waals surface area (Å²) in [5.41, 5.74) is -3.05. The van der Waals surface area contributed by atoms with Crippen LogP contribution in [0.4, 0.5) is 8.78 Å². The fourth-order valence-corrected chi connectivity index (χ4v) is 2.90. The first-order chi connectivity index (χ1) is 7.85. The highest BCUT2D eigenvalue weighted by Gasteiger charge is 2.65. The van der Waals surface area contributed by atoms with E-state index in [9.17, 15) is 18.7 Å². The topological polar surface area (TPSA) is 55.8 Å². The van der Waals surface area contributed by atoms with Crippen molar-refractivity contribution in [2.45, 2.75) is 37.2 Å². The maximum atomic E-state index is 13.4. The van der Waals surface area contributed by atoms with Crippen LogP contribution in [0.2, 0.25) is 0 Å². The number of aliphatic hydroxyl groups is 1. The number of rotatable bonds is 2. The van der Waals surface area contributed by atoms with Gasteiger partial charge in [-0.15, -0.1) is 0 Å². The van der Waals surface area contributed by atoms with Crippen molar-refractivity contribution >= 4 is 5.97 Å². The number of esters is 1. The molecule has 17 heavy (non-hydrogen) atoms. The molecule has 1 N–H and O–H groups in total. The number of ether oxygens (including phenoxy) is 2. The smallest absolute Gasteiger partial charge is 0.315 e. The lowest BCUT2D eigenvalue weighted by molar-refractivity contribution is -0.176. The van der Waals surface area contributed by atoms with Crippen molar-refractivity contribution in [1.29, 1.82) is 0 Å². The Kier molecular flexibility index (Phi) is 2.90. The van der Waals surface area contributed by atoms with E-state index in [-0.39, 0.29) is 26.1 Å². The van der Waals surface area contributed by atoms with Gasteiger partial charge in [0.15, 0.2) is 0 Å². The maximum absolute atomic E-state index is 13.4. The van der Waals surface area contributed by atoms with Crippen LogP contribution in [0.15, 0.2) is 0 Å². The highest BCUT2D eigenvalue weighted by Crippen LogP contribution is 2.55. The minimum Gasteiger partial charge on any atom is -0.469 e. The molecule has 0 radical (unpaired) electrons. The normalized spacial score (nSPS) is 40.5. The highest BCUT2D eigenvalue weighted by molar-refractivity contribution is 5.79. The second-order valence-electron chi connectivity index (χ2n) is 4.94. The largest absolute Gasteiger partial charge is 0.469 e. The molecule has 6 heteroatoms. The van der Waals surface area contributed by atoms with E-state index >= 15 is 0 Å². The molecule has 4 nitrogen and oxygen atoms in total. The van der Waals surface area contributed by atoms with Gasteiger partial charge in [-0.1, -0.05) is 0 Å². The molecule has 98 valence electrons. The number of methoxy groups -OCH3 is 1. The Hall–Kier alpha value is -0.750.